The van der Waals surface area contributed by atoms with Crippen molar-refractivity contribution in [3.8, 4) is 0 Å². The van der Waals surface area contributed by atoms with Crippen molar-refractivity contribution < 1.29 is 19.4 Å². The van der Waals surface area contributed by atoms with Gasteiger partial charge in [0.1, 0.15) is 5.60 Å². The molecular formula is C16H28N2O4. The molecule has 2 atom stereocenters. The Bertz CT molecular complexity index is 428. The molecule has 1 rings (SSSR count). The van der Waals surface area contributed by atoms with Gasteiger partial charge in [-0.25, -0.2) is 9.59 Å². The molecule has 2 unspecified atom stereocenters. The van der Waals surface area contributed by atoms with Gasteiger partial charge in [0.2, 0.25) is 0 Å². The number of allylic oxidation sites excluding steroid dienone is 2. The fourth-order valence-electron chi connectivity index (χ4n) is 2.74. The molecule has 0 saturated heterocycles. The summed E-state index contributed by atoms with van der Waals surface area (Å²) in [7, 11) is 0. The van der Waals surface area contributed by atoms with Gasteiger partial charge >= 0.3 is 12.2 Å². The Morgan fingerprint density at radius 1 is 1.41 bits per heavy atom. The first-order chi connectivity index (χ1) is 10.2. The van der Waals surface area contributed by atoms with E-state index in [0.29, 0.717) is 6.42 Å². The van der Waals surface area contributed by atoms with Gasteiger partial charge in [0.15, 0.2) is 0 Å². The molecule has 1 aliphatic carbocycles. The van der Waals surface area contributed by atoms with Crippen LogP contribution in [0.15, 0.2) is 12.2 Å². The molecule has 0 saturated carbocycles. The van der Waals surface area contributed by atoms with Gasteiger partial charge in [-0.15, -0.1) is 0 Å². The topological polar surface area (TPSA) is 87.7 Å². The molecule has 0 aromatic rings. The van der Waals surface area contributed by atoms with Crippen molar-refractivity contribution in [2.75, 3.05) is 6.54 Å². The molecule has 2 amide bonds. The Morgan fingerprint density at radius 2 is 2.05 bits per heavy atom. The van der Waals surface area contributed by atoms with Crippen LogP contribution >= 0.6 is 0 Å². The molecular weight excluding hydrogens is 284 g/mol. The van der Waals surface area contributed by atoms with E-state index in [-0.39, 0.29) is 18.0 Å². The molecule has 0 spiro atoms. The van der Waals surface area contributed by atoms with Crippen LogP contribution in [0.2, 0.25) is 0 Å². The predicted octanol–water partition coefficient (Wildman–Crippen LogP) is 3.28. The third-order valence-electron chi connectivity index (χ3n) is 3.62. The lowest BCUT2D eigenvalue weighted by atomic mass is 9.69. The molecule has 22 heavy (non-hydrogen) atoms. The van der Waals surface area contributed by atoms with Crippen LogP contribution in [0.5, 0.6) is 0 Å². The maximum atomic E-state index is 11.9. The molecule has 1 aliphatic rings. The van der Waals surface area contributed by atoms with E-state index in [2.05, 4.69) is 29.7 Å². The number of nitrogens with one attached hydrogen (secondary N) is 2. The maximum Gasteiger partial charge on any atom is 0.407 e. The minimum Gasteiger partial charge on any atom is -0.465 e. The van der Waals surface area contributed by atoms with Gasteiger partial charge < -0.3 is 20.5 Å². The third-order valence-corrected chi connectivity index (χ3v) is 3.62. The fraction of sp³-hybridized carbons (Fsp3) is 0.750. The zero-order chi connectivity index (χ0) is 16.8. The van der Waals surface area contributed by atoms with Crippen LogP contribution in [0.3, 0.4) is 0 Å². The lowest BCUT2D eigenvalue weighted by molar-refractivity contribution is 0.0488. The van der Waals surface area contributed by atoms with Gasteiger partial charge in [-0.2, -0.15) is 0 Å². The van der Waals surface area contributed by atoms with Crippen molar-refractivity contribution in [3.05, 3.63) is 12.2 Å². The number of alkyl carbamates (subject to hydrolysis) is 1. The van der Waals surface area contributed by atoms with E-state index < -0.39 is 17.8 Å². The highest BCUT2D eigenvalue weighted by Crippen LogP contribution is 2.42. The monoisotopic (exact) mass is 312 g/mol. The predicted molar refractivity (Wildman–Crippen MR) is 84.9 cm³/mol. The molecule has 6 nitrogen and oxygen atoms in total. The number of carbonyl (C=O) groups is 2. The standard InChI is InChI=1S/C16H28N2O4/c1-5-7-16(8-6-9-16)10-12(11-17-13(19)20)18-14(21)22-15(2,3)4/h6,8,12,17H,5,7,9-11H2,1-4H3,(H,18,21)(H,19,20). The minimum absolute atomic E-state index is 0.0641. The molecule has 0 aliphatic heterocycles. The first-order valence-electron chi connectivity index (χ1n) is 7.80. The van der Waals surface area contributed by atoms with Crippen molar-refractivity contribution in [2.24, 2.45) is 5.41 Å². The van der Waals surface area contributed by atoms with Crippen LogP contribution in [0.4, 0.5) is 9.59 Å². The van der Waals surface area contributed by atoms with Crippen molar-refractivity contribution in [3.63, 3.8) is 0 Å². The average Bonchev–Trinajstić information content (AvgIpc) is 2.30. The number of hydrogen-bond acceptors (Lipinski definition) is 3. The van der Waals surface area contributed by atoms with Gasteiger partial charge in [-0.05, 0) is 45.4 Å². The summed E-state index contributed by atoms with van der Waals surface area (Å²) in [6.45, 7) is 7.69. The van der Waals surface area contributed by atoms with Gasteiger partial charge in [-0.3, -0.25) is 0 Å². The lowest BCUT2D eigenvalue weighted by Gasteiger charge is -2.39. The lowest BCUT2D eigenvalue weighted by Crippen LogP contribution is -2.48. The van der Waals surface area contributed by atoms with Crippen LogP contribution in [-0.2, 0) is 4.74 Å². The van der Waals surface area contributed by atoms with E-state index in [1.165, 1.54) is 0 Å². The highest BCUT2D eigenvalue weighted by molar-refractivity contribution is 5.68. The Labute approximate surface area is 132 Å². The fourth-order valence-corrected chi connectivity index (χ4v) is 2.74. The molecule has 0 aromatic heterocycles. The number of ether oxygens (including phenoxy) is 1. The van der Waals surface area contributed by atoms with Crippen molar-refractivity contribution in [1.82, 2.24) is 10.6 Å². The van der Waals surface area contributed by atoms with Crippen LogP contribution < -0.4 is 10.6 Å². The quantitative estimate of drug-likeness (QED) is 0.629. The maximum absolute atomic E-state index is 11.9. The van der Waals surface area contributed by atoms with E-state index in [0.717, 1.165) is 19.3 Å². The van der Waals surface area contributed by atoms with Gasteiger partial charge in [0.05, 0.1) is 6.04 Å². The zero-order valence-corrected chi connectivity index (χ0v) is 13.9. The van der Waals surface area contributed by atoms with Crippen LogP contribution in [0.25, 0.3) is 0 Å². The molecule has 3 N–H and O–H groups in total. The molecule has 0 aromatic carbocycles. The minimum atomic E-state index is -1.09. The van der Waals surface area contributed by atoms with Gasteiger partial charge in [0, 0.05) is 6.54 Å². The second-order valence-electron chi connectivity index (χ2n) is 6.95. The highest BCUT2D eigenvalue weighted by atomic mass is 16.6. The van der Waals surface area contributed by atoms with Crippen molar-refractivity contribution in [2.45, 2.75) is 65.0 Å². The summed E-state index contributed by atoms with van der Waals surface area (Å²) in [5.74, 6) is 0. The molecule has 6 heteroatoms. The first-order valence-corrected chi connectivity index (χ1v) is 7.80. The first kappa shape index (κ1) is 18.3. The summed E-state index contributed by atoms with van der Waals surface area (Å²) in [6, 6.07) is -0.289. The highest BCUT2D eigenvalue weighted by Gasteiger charge is 2.34. The molecule has 126 valence electrons. The number of amides is 2. The van der Waals surface area contributed by atoms with Crippen LogP contribution in [-0.4, -0.2) is 35.5 Å². The SMILES string of the molecule is CCCC1(CC(CNC(=O)O)NC(=O)OC(C)(C)C)C=CC1. The van der Waals surface area contributed by atoms with E-state index in [9.17, 15) is 9.59 Å². The van der Waals surface area contributed by atoms with Crippen LogP contribution in [0, 0.1) is 5.41 Å². The zero-order valence-electron chi connectivity index (χ0n) is 13.9. The molecule has 0 fully saturated rings. The Balaban J connectivity index is 2.65. The largest absolute Gasteiger partial charge is 0.465 e. The Kier molecular flexibility index (Phi) is 6.26. The second-order valence-corrected chi connectivity index (χ2v) is 6.95. The molecule has 0 bridgehead atoms. The summed E-state index contributed by atoms with van der Waals surface area (Å²) in [6.07, 6.45) is 6.44. The Hall–Kier alpha value is -1.72. The summed E-state index contributed by atoms with van der Waals surface area (Å²) in [4.78, 5) is 22.7. The average molecular weight is 312 g/mol. The van der Waals surface area contributed by atoms with E-state index in [1.807, 2.05) is 0 Å². The number of hydrogen-bond donors (Lipinski definition) is 3. The van der Waals surface area contributed by atoms with E-state index in [1.54, 1.807) is 20.8 Å². The van der Waals surface area contributed by atoms with Crippen molar-refractivity contribution in [1.29, 1.82) is 0 Å². The summed E-state index contributed by atoms with van der Waals surface area (Å²) in [5.41, 5.74) is -0.513. The van der Waals surface area contributed by atoms with Gasteiger partial charge in [-0.1, -0.05) is 25.5 Å². The molecule has 0 heterocycles. The van der Waals surface area contributed by atoms with E-state index >= 15 is 0 Å². The third kappa shape index (κ3) is 6.37. The van der Waals surface area contributed by atoms with Crippen LogP contribution in [0.1, 0.15) is 53.4 Å². The van der Waals surface area contributed by atoms with E-state index in [4.69, 9.17) is 9.84 Å². The number of carbonyl (C=O) groups excluding carboxylic acids is 1. The second kappa shape index (κ2) is 7.51. The summed E-state index contributed by atoms with van der Waals surface area (Å²) < 4.78 is 5.26. The number of rotatable bonds is 7. The van der Waals surface area contributed by atoms with Gasteiger partial charge in [0.25, 0.3) is 0 Å². The molecule has 0 radical (unpaired) electrons. The Morgan fingerprint density at radius 3 is 2.45 bits per heavy atom. The smallest absolute Gasteiger partial charge is 0.407 e. The summed E-state index contributed by atoms with van der Waals surface area (Å²) >= 11 is 0. The normalized spacial score (nSPS) is 21.6. The van der Waals surface area contributed by atoms with Crippen molar-refractivity contribution >= 4 is 12.2 Å². The summed E-state index contributed by atoms with van der Waals surface area (Å²) in [5, 5.41) is 13.9. The number of carboxylic acid groups (broad SMARTS) is 1.